The van der Waals surface area contributed by atoms with Gasteiger partial charge in [-0.1, -0.05) is 34.8 Å². The second-order valence-electron chi connectivity index (χ2n) is 0.659. The van der Waals surface area contributed by atoms with Crippen LogP contribution in [0.5, 0.6) is 0 Å². The van der Waals surface area contributed by atoms with Gasteiger partial charge in [0.1, 0.15) is 0 Å². The average Bonchev–Trinajstić information content (AvgIpc) is 1.35. The van der Waals surface area contributed by atoms with Gasteiger partial charge >= 0.3 is 37.7 Å². The van der Waals surface area contributed by atoms with Crippen LogP contribution in [0.15, 0.2) is 0 Å². The number of hydrogen-bond acceptors (Lipinski definition) is 1. The number of carbonyl (C=O) groups is 1. The first kappa shape index (κ1) is 11.6. The fraction of sp³-hybridized carbons (Fsp3) is 0.500. The Kier molecular flexibility index (Phi) is 7.70. The number of rotatable bonds is 0. The number of halogens is 3. The van der Waals surface area contributed by atoms with Crippen LogP contribution in [0.2, 0.25) is 0 Å². The van der Waals surface area contributed by atoms with Gasteiger partial charge in [0.25, 0.3) is 0 Å². The van der Waals surface area contributed by atoms with E-state index in [0.29, 0.717) is 0 Å². The molecular weight excluding hydrogens is 186 g/mol. The van der Waals surface area contributed by atoms with E-state index in [9.17, 15) is 4.79 Å². The molecular formula is C2H3CaCl3O. The Bertz CT molecular complexity index is 58.4. The predicted molar refractivity (Wildman–Crippen MR) is 34.9 cm³/mol. The molecule has 0 fully saturated rings. The molecule has 0 bridgehead atoms. The first-order valence-corrected chi connectivity index (χ1v) is 2.23. The third-order valence-electron chi connectivity index (χ3n) is 0.134. The summed E-state index contributed by atoms with van der Waals surface area (Å²) < 4.78 is -1.72. The standard InChI is InChI=1S/C2HCl3O.Ca.2H/c3-2(4,5)1-6;;;/h1H;;;. The van der Waals surface area contributed by atoms with E-state index in [4.69, 9.17) is 34.8 Å². The number of alkyl halides is 3. The molecule has 0 aromatic rings. The summed E-state index contributed by atoms with van der Waals surface area (Å²) in [5, 5.41) is 0. The van der Waals surface area contributed by atoms with Crippen LogP contribution in [0.25, 0.3) is 0 Å². The zero-order chi connectivity index (χ0) is 5.21. The molecule has 0 aliphatic rings. The van der Waals surface area contributed by atoms with E-state index in [1.54, 1.807) is 0 Å². The molecule has 0 aromatic heterocycles. The fourth-order valence-corrected chi connectivity index (χ4v) is 0. The van der Waals surface area contributed by atoms with Gasteiger partial charge in [-0.3, -0.25) is 4.79 Å². The van der Waals surface area contributed by atoms with Gasteiger partial charge in [-0.25, -0.2) is 0 Å². The Morgan fingerprint density at radius 1 is 1.29 bits per heavy atom. The summed E-state index contributed by atoms with van der Waals surface area (Å²) in [6.45, 7) is 0. The Hall–Kier alpha value is 1.80. The number of carbonyl (C=O) groups excluding carboxylic acids is 1. The van der Waals surface area contributed by atoms with Crippen molar-refractivity contribution in [3.05, 3.63) is 0 Å². The predicted octanol–water partition coefficient (Wildman–Crippen LogP) is 0.639. The number of aldehydes is 1. The summed E-state index contributed by atoms with van der Waals surface area (Å²) >= 11 is 14.6. The maximum absolute atomic E-state index is 9.43. The minimum absolute atomic E-state index is 0. The topological polar surface area (TPSA) is 17.1 Å². The van der Waals surface area contributed by atoms with Crippen molar-refractivity contribution in [3.8, 4) is 0 Å². The Morgan fingerprint density at radius 3 is 1.43 bits per heavy atom. The molecule has 0 aliphatic heterocycles. The third-order valence-corrected chi connectivity index (χ3v) is 0.401. The van der Waals surface area contributed by atoms with Gasteiger partial charge in [-0.15, -0.1) is 0 Å². The number of hydrogen-bond donors (Lipinski definition) is 0. The van der Waals surface area contributed by atoms with Crippen LogP contribution < -0.4 is 0 Å². The Labute approximate surface area is 86.3 Å². The SMILES string of the molecule is O=CC(Cl)(Cl)Cl.[CaH2]. The van der Waals surface area contributed by atoms with Gasteiger partial charge in [-0.05, 0) is 0 Å². The van der Waals surface area contributed by atoms with Crippen molar-refractivity contribution in [2.45, 2.75) is 3.79 Å². The van der Waals surface area contributed by atoms with E-state index in [-0.39, 0.29) is 44.0 Å². The summed E-state index contributed by atoms with van der Waals surface area (Å²) in [4.78, 5) is 9.43. The zero-order valence-corrected chi connectivity index (χ0v) is 4.89. The molecule has 0 amide bonds. The molecule has 0 radical (unpaired) electrons. The van der Waals surface area contributed by atoms with E-state index < -0.39 is 3.79 Å². The summed E-state index contributed by atoms with van der Waals surface area (Å²) in [7, 11) is 0. The van der Waals surface area contributed by atoms with Gasteiger partial charge in [-0.2, -0.15) is 0 Å². The summed E-state index contributed by atoms with van der Waals surface area (Å²) in [5.74, 6) is 0. The van der Waals surface area contributed by atoms with Crippen LogP contribution in [-0.4, -0.2) is 47.8 Å². The molecule has 0 rings (SSSR count). The molecule has 1 nitrogen and oxygen atoms in total. The van der Waals surface area contributed by atoms with Crippen LogP contribution in [-0.2, 0) is 4.79 Å². The van der Waals surface area contributed by atoms with E-state index in [2.05, 4.69) is 0 Å². The molecule has 7 heavy (non-hydrogen) atoms. The fourth-order valence-electron chi connectivity index (χ4n) is 0. The van der Waals surface area contributed by atoms with Gasteiger partial charge < -0.3 is 0 Å². The van der Waals surface area contributed by atoms with Crippen molar-refractivity contribution in [1.82, 2.24) is 0 Å². The normalized spacial score (nSPS) is 9.57. The Morgan fingerprint density at radius 2 is 1.43 bits per heavy atom. The first-order chi connectivity index (χ1) is 2.56. The van der Waals surface area contributed by atoms with Crippen molar-refractivity contribution in [3.63, 3.8) is 0 Å². The summed E-state index contributed by atoms with van der Waals surface area (Å²) in [6.07, 6.45) is 0.234. The van der Waals surface area contributed by atoms with E-state index in [0.717, 1.165) is 0 Å². The van der Waals surface area contributed by atoms with E-state index in [1.807, 2.05) is 0 Å². The van der Waals surface area contributed by atoms with Crippen LogP contribution in [0.1, 0.15) is 0 Å². The second-order valence-corrected chi connectivity index (χ2v) is 3.03. The molecule has 0 heterocycles. The molecule has 0 aromatic carbocycles. The quantitative estimate of drug-likeness (QED) is 0.311. The molecule has 0 unspecified atom stereocenters. The molecule has 0 atom stereocenters. The van der Waals surface area contributed by atoms with Crippen molar-refractivity contribution >= 4 is 78.8 Å². The monoisotopic (exact) mass is 188 g/mol. The molecule has 0 aliphatic carbocycles. The van der Waals surface area contributed by atoms with Crippen LogP contribution in [0.3, 0.4) is 0 Å². The summed E-state index contributed by atoms with van der Waals surface area (Å²) in [6, 6.07) is 0. The molecule has 0 saturated carbocycles. The average molecular weight is 189 g/mol. The Balaban J connectivity index is 0. The summed E-state index contributed by atoms with van der Waals surface area (Å²) in [5.41, 5.74) is 0. The van der Waals surface area contributed by atoms with Crippen molar-refractivity contribution < 1.29 is 4.79 Å². The molecule has 0 saturated heterocycles. The van der Waals surface area contributed by atoms with E-state index >= 15 is 0 Å². The van der Waals surface area contributed by atoms with Crippen molar-refractivity contribution in [2.24, 2.45) is 0 Å². The molecule has 0 spiro atoms. The molecule has 5 heteroatoms. The van der Waals surface area contributed by atoms with Crippen LogP contribution in [0.4, 0.5) is 0 Å². The molecule has 0 N–H and O–H groups in total. The minimum atomic E-state index is -1.72. The van der Waals surface area contributed by atoms with Crippen molar-refractivity contribution in [1.29, 1.82) is 0 Å². The first-order valence-electron chi connectivity index (χ1n) is 1.09. The third kappa shape index (κ3) is 11.4. The van der Waals surface area contributed by atoms with Gasteiger partial charge in [0.05, 0.1) is 0 Å². The van der Waals surface area contributed by atoms with Gasteiger partial charge in [0.15, 0.2) is 6.29 Å². The van der Waals surface area contributed by atoms with Crippen LogP contribution >= 0.6 is 34.8 Å². The van der Waals surface area contributed by atoms with Crippen LogP contribution in [0, 0.1) is 0 Å². The maximum atomic E-state index is 9.43. The zero-order valence-electron chi connectivity index (χ0n) is 2.62. The second kappa shape index (κ2) is 4.66. The van der Waals surface area contributed by atoms with Gasteiger partial charge in [0, 0.05) is 0 Å². The molecule has 40 valence electrons. The van der Waals surface area contributed by atoms with Crippen molar-refractivity contribution in [2.75, 3.05) is 0 Å². The van der Waals surface area contributed by atoms with Gasteiger partial charge in [0.2, 0.25) is 3.79 Å². The van der Waals surface area contributed by atoms with E-state index in [1.165, 1.54) is 0 Å².